The third-order valence-corrected chi connectivity index (χ3v) is 4.10. The Balaban J connectivity index is 2.66. The number of esters is 1. The molecule has 1 aromatic carbocycles. The molecular weight excluding hydrogens is 248 g/mol. The third kappa shape index (κ3) is 4.70. The van der Waals surface area contributed by atoms with Gasteiger partial charge in [-0.1, -0.05) is 37.3 Å². The van der Waals surface area contributed by atoms with Gasteiger partial charge in [0.15, 0.2) is 0 Å². The fourth-order valence-corrected chi connectivity index (χ4v) is 2.78. The third-order valence-electron chi connectivity index (χ3n) is 2.77. The van der Waals surface area contributed by atoms with Gasteiger partial charge in [-0.3, -0.25) is 4.79 Å². The SMILES string of the molecule is COC(=O)C(CSC(C)CCO)c1ccccc1. The Morgan fingerprint density at radius 3 is 2.61 bits per heavy atom. The summed E-state index contributed by atoms with van der Waals surface area (Å²) in [4.78, 5) is 11.8. The molecule has 1 N–H and O–H groups in total. The Bertz CT molecular complexity index is 353. The summed E-state index contributed by atoms with van der Waals surface area (Å²) in [6, 6.07) is 9.66. The van der Waals surface area contributed by atoms with E-state index in [0.717, 1.165) is 12.0 Å². The molecular formula is C14H20O3S. The predicted molar refractivity (Wildman–Crippen MR) is 74.8 cm³/mol. The average Bonchev–Trinajstić information content (AvgIpc) is 2.40. The van der Waals surface area contributed by atoms with E-state index in [1.807, 2.05) is 30.3 Å². The molecule has 0 saturated heterocycles. The molecule has 100 valence electrons. The van der Waals surface area contributed by atoms with Crippen molar-refractivity contribution < 1.29 is 14.6 Å². The molecule has 2 atom stereocenters. The van der Waals surface area contributed by atoms with Crippen molar-refractivity contribution in [2.45, 2.75) is 24.5 Å². The number of aliphatic hydroxyl groups is 1. The Hall–Kier alpha value is -1.00. The van der Waals surface area contributed by atoms with E-state index in [0.29, 0.717) is 11.0 Å². The highest BCUT2D eigenvalue weighted by molar-refractivity contribution is 7.99. The molecule has 0 fully saturated rings. The summed E-state index contributed by atoms with van der Waals surface area (Å²) in [7, 11) is 1.42. The average molecular weight is 268 g/mol. The van der Waals surface area contributed by atoms with Crippen molar-refractivity contribution in [1.82, 2.24) is 0 Å². The number of carbonyl (C=O) groups is 1. The lowest BCUT2D eigenvalue weighted by molar-refractivity contribution is -0.141. The van der Waals surface area contributed by atoms with E-state index in [1.165, 1.54) is 7.11 Å². The first kappa shape index (κ1) is 15.1. The van der Waals surface area contributed by atoms with Gasteiger partial charge in [-0.15, -0.1) is 0 Å². The largest absolute Gasteiger partial charge is 0.469 e. The zero-order chi connectivity index (χ0) is 13.4. The molecule has 0 aliphatic carbocycles. The molecule has 0 radical (unpaired) electrons. The maximum atomic E-state index is 11.8. The van der Waals surface area contributed by atoms with Crippen molar-refractivity contribution >= 4 is 17.7 Å². The van der Waals surface area contributed by atoms with E-state index in [9.17, 15) is 4.79 Å². The van der Waals surface area contributed by atoms with E-state index < -0.39 is 0 Å². The Morgan fingerprint density at radius 1 is 1.39 bits per heavy atom. The van der Waals surface area contributed by atoms with Crippen LogP contribution in [0.15, 0.2) is 30.3 Å². The summed E-state index contributed by atoms with van der Waals surface area (Å²) in [6.45, 7) is 2.24. The molecule has 0 aliphatic heterocycles. The molecule has 0 aromatic heterocycles. The lowest BCUT2D eigenvalue weighted by atomic mass is 10.0. The molecule has 2 unspecified atom stereocenters. The topological polar surface area (TPSA) is 46.5 Å². The number of benzene rings is 1. The van der Waals surface area contributed by atoms with Crippen molar-refractivity contribution in [2.75, 3.05) is 19.5 Å². The number of methoxy groups -OCH3 is 1. The van der Waals surface area contributed by atoms with Gasteiger partial charge < -0.3 is 9.84 Å². The van der Waals surface area contributed by atoms with Crippen LogP contribution in [0.4, 0.5) is 0 Å². The molecule has 0 saturated carbocycles. The van der Waals surface area contributed by atoms with Gasteiger partial charge in [-0.25, -0.2) is 0 Å². The van der Waals surface area contributed by atoms with Gasteiger partial charge >= 0.3 is 5.97 Å². The van der Waals surface area contributed by atoms with Crippen LogP contribution in [0.5, 0.6) is 0 Å². The Labute approximate surface area is 113 Å². The molecule has 18 heavy (non-hydrogen) atoms. The van der Waals surface area contributed by atoms with Gasteiger partial charge in [0.1, 0.15) is 0 Å². The monoisotopic (exact) mass is 268 g/mol. The second-order valence-electron chi connectivity index (χ2n) is 4.14. The van der Waals surface area contributed by atoms with Crippen LogP contribution < -0.4 is 0 Å². The van der Waals surface area contributed by atoms with E-state index >= 15 is 0 Å². The van der Waals surface area contributed by atoms with Crippen molar-refractivity contribution in [3.63, 3.8) is 0 Å². The molecule has 1 aromatic rings. The zero-order valence-corrected chi connectivity index (χ0v) is 11.7. The number of hydrogen-bond acceptors (Lipinski definition) is 4. The van der Waals surface area contributed by atoms with Crippen LogP contribution in [-0.4, -0.2) is 35.8 Å². The van der Waals surface area contributed by atoms with E-state index in [4.69, 9.17) is 9.84 Å². The highest BCUT2D eigenvalue weighted by Crippen LogP contribution is 2.25. The quantitative estimate of drug-likeness (QED) is 0.772. The summed E-state index contributed by atoms with van der Waals surface area (Å²) < 4.78 is 4.86. The number of rotatable bonds is 7. The molecule has 0 amide bonds. The summed E-state index contributed by atoms with van der Waals surface area (Å²) >= 11 is 1.69. The van der Waals surface area contributed by atoms with Crippen LogP contribution in [-0.2, 0) is 9.53 Å². The first-order chi connectivity index (χ1) is 8.69. The standard InChI is InChI=1S/C14H20O3S/c1-11(8-9-15)18-10-13(14(16)17-2)12-6-4-3-5-7-12/h3-7,11,13,15H,8-10H2,1-2H3. The minimum Gasteiger partial charge on any atom is -0.469 e. The van der Waals surface area contributed by atoms with E-state index in [2.05, 4.69) is 6.92 Å². The van der Waals surface area contributed by atoms with Crippen LogP contribution in [0.2, 0.25) is 0 Å². The van der Waals surface area contributed by atoms with Gasteiger partial charge in [0.05, 0.1) is 13.0 Å². The number of carbonyl (C=O) groups excluding carboxylic acids is 1. The van der Waals surface area contributed by atoms with Gasteiger partial charge in [0.2, 0.25) is 0 Å². The summed E-state index contributed by atoms with van der Waals surface area (Å²) in [5.74, 6) is 0.241. The van der Waals surface area contributed by atoms with Crippen LogP contribution in [0, 0.1) is 0 Å². The minimum atomic E-state index is -0.234. The Kier molecular flexibility index (Phi) is 6.83. The van der Waals surface area contributed by atoms with Crippen molar-refractivity contribution in [3.8, 4) is 0 Å². The smallest absolute Gasteiger partial charge is 0.313 e. The first-order valence-electron chi connectivity index (χ1n) is 6.04. The van der Waals surface area contributed by atoms with Crippen molar-refractivity contribution in [1.29, 1.82) is 0 Å². The molecule has 0 heterocycles. The predicted octanol–water partition coefficient (Wildman–Crippen LogP) is 2.45. The highest BCUT2D eigenvalue weighted by Gasteiger charge is 2.22. The second-order valence-corrected chi connectivity index (χ2v) is 5.61. The van der Waals surface area contributed by atoms with Crippen LogP contribution >= 0.6 is 11.8 Å². The second kappa shape index (κ2) is 8.16. The number of aliphatic hydroxyl groups excluding tert-OH is 1. The summed E-state index contributed by atoms with van der Waals surface area (Å²) in [5.41, 5.74) is 0.980. The maximum absolute atomic E-state index is 11.8. The fraction of sp³-hybridized carbons (Fsp3) is 0.500. The number of hydrogen-bond donors (Lipinski definition) is 1. The van der Waals surface area contributed by atoms with Gasteiger partial charge in [0.25, 0.3) is 0 Å². The lowest BCUT2D eigenvalue weighted by Crippen LogP contribution is -2.18. The maximum Gasteiger partial charge on any atom is 0.313 e. The normalized spacial score (nSPS) is 13.9. The van der Waals surface area contributed by atoms with E-state index in [-0.39, 0.29) is 18.5 Å². The summed E-state index contributed by atoms with van der Waals surface area (Å²) in [6.07, 6.45) is 0.743. The van der Waals surface area contributed by atoms with Crippen molar-refractivity contribution in [2.24, 2.45) is 0 Å². The molecule has 3 nitrogen and oxygen atoms in total. The molecule has 4 heteroatoms. The fourth-order valence-electron chi connectivity index (χ4n) is 1.65. The van der Waals surface area contributed by atoms with Crippen LogP contribution in [0.25, 0.3) is 0 Å². The van der Waals surface area contributed by atoms with Gasteiger partial charge in [-0.05, 0) is 12.0 Å². The highest BCUT2D eigenvalue weighted by atomic mass is 32.2. The minimum absolute atomic E-state index is 0.183. The summed E-state index contributed by atoms with van der Waals surface area (Å²) in [5, 5.41) is 9.21. The number of ether oxygens (including phenoxy) is 1. The first-order valence-corrected chi connectivity index (χ1v) is 7.09. The lowest BCUT2D eigenvalue weighted by Gasteiger charge is -2.17. The molecule has 0 bridgehead atoms. The zero-order valence-electron chi connectivity index (χ0n) is 10.8. The van der Waals surface area contributed by atoms with Crippen LogP contribution in [0.1, 0.15) is 24.8 Å². The number of thioether (sulfide) groups is 1. The molecule has 0 aliphatic rings. The van der Waals surface area contributed by atoms with E-state index in [1.54, 1.807) is 11.8 Å². The van der Waals surface area contributed by atoms with Gasteiger partial charge in [-0.2, -0.15) is 11.8 Å². The van der Waals surface area contributed by atoms with Crippen LogP contribution in [0.3, 0.4) is 0 Å². The molecule has 1 rings (SSSR count). The van der Waals surface area contributed by atoms with Gasteiger partial charge in [0, 0.05) is 17.6 Å². The molecule has 0 spiro atoms. The van der Waals surface area contributed by atoms with Crippen molar-refractivity contribution in [3.05, 3.63) is 35.9 Å². The Morgan fingerprint density at radius 2 is 2.06 bits per heavy atom.